The molecule has 0 aliphatic heterocycles. The normalized spacial score (nSPS) is 11.6. The number of nitrogens with zero attached hydrogens (tertiary/aromatic N) is 2. The predicted molar refractivity (Wildman–Crippen MR) is 90.3 cm³/mol. The maximum atomic E-state index is 12.2. The maximum Gasteiger partial charge on any atom is 0.573 e. The Labute approximate surface area is 148 Å². The largest absolute Gasteiger partial charge is 0.573 e. The molecule has 1 aromatic carbocycles. The van der Waals surface area contributed by atoms with Gasteiger partial charge in [0.25, 0.3) is 0 Å². The summed E-state index contributed by atoms with van der Waals surface area (Å²) in [6, 6.07) is 5.43. The predicted octanol–water partition coefficient (Wildman–Crippen LogP) is 4.04. The number of carbonyl (C=O) groups is 1. The third kappa shape index (κ3) is 4.53. The summed E-state index contributed by atoms with van der Waals surface area (Å²) in [7, 11) is 3.02. The molecule has 0 unspecified atom stereocenters. The van der Waals surface area contributed by atoms with E-state index in [1.165, 1.54) is 37.5 Å². The number of rotatable bonds is 5. The summed E-state index contributed by atoms with van der Waals surface area (Å²) in [6.07, 6.45) is -1.55. The van der Waals surface area contributed by atoms with Gasteiger partial charge >= 0.3 is 12.3 Å². The van der Waals surface area contributed by atoms with E-state index in [-0.39, 0.29) is 11.3 Å². The van der Waals surface area contributed by atoms with Crippen LogP contribution in [0.4, 0.5) is 13.2 Å². The summed E-state index contributed by atoms with van der Waals surface area (Å²) in [5.74, 6) is -0.285. The number of methoxy groups -OCH3 is 1. The first kappa shape index (κ1) is 19.3. The van der Waals surface area contributed by atoms with Gasteiger partial charge in [-0.2, -0.15) is 0 Å². The van der Waals surface area contributed by atoms with Crippen molar-refractivity contribution < 1.29 is 27.4 Å². The number of aromatic nitrogens is 2. The number of hydrogen-bond acceptors (Lipinski definition) is 4. The summed E-state index contributed by atoms with van der Waals surface area (Å²) in [4.78, 5) is 15.8. The lowest BCUT2D eigenvalue weighted by Crippen LogP contribution is -2.16. The number of carbonyl (C=O) groups excluding carboxylic acids is 1. The fourth-order valence-electron chi connectivity index (χ4n) is 2.32. The Morgan fingerprint density at radius 3 is 2.42 bits per heavy atom. The van der Waals surface area contributed by atoms with Crippen LogP contribution in [0.25, 0.3) is 17.5 Å². The topological polar surface area (TPSA) is 53.4 Å². The molecule has 0 N–H and O–H groups in total. The lowest BCUT2D eigenvalue weighted by Gasteiger charge is -2.09. The quantitative estimate of drug-likeness (QED) is 0.455. The third-order valence-corrected chi connectivity index (χ3v) is 3.56. The van der Waals surface area contributed by atoms with Gasteiger partial charge in [-0.3, -0.25) is 0 Å². The average Bonchev–Trinajstić information content (AvgIpc) is 2.85. The molecule has 0 saturated heterocycles. The van der Waals surface area contributed by atoms with Crippen LogP contribution in [-0.2, 0) is 16.6 Å². The highest BCUT2D eigenvalue weighted by Crippen LogP contribution is 2.27. The highest BCUT2D eigenvalue weighted by Gasteiger charge is 2.31. The first-order chi connectivity index (χ1) is 12.1. The molecule has 0 amide bonds. The standard InChI is InChI=1S/C18H17F3N2O3/c1-11(17(24)25-4)5-10-15-12(2)22-16(23(15)3)13-6-8-14(9-7-13)26-18(19,20)21/h5-10H,1H2,2-4H3/b10-5-. The molecule has 0 fully saturated rings. The van der Waals surface area contributed by atoms with Crippen LogP contribution < -0.4 is 4.74 Å². The summed E-state index contributed by atoms with van der Waals surface area (Å²) in [5, 5.41) is 0. The fraction of sp³-hybridized carbons (Fsp3) is 0.222. The SMILES string of the molecule is C=C(/C=C\c1c(C)nc(-c2ccc(OC(F)(F)F)cc2)n1C)C(=O)OC. The minimum Gasteiger partial charge on any atom is -0.465 e. The smallest absolute Gasteiger partial charge is 0.465 e. The van der Waals surface area contributed by atoms with Crippen molar-refractivity contribution in [2.75, 3.05) is 7.11 Å². The molecule has 0 bridgehead atoms. The number of imidazole rings is 1. The molecule has 2 aromatic rings. The first-order valence-corrected chi connectivity index (χ1v) is 7.47. The Kier molecular flexibility index (Phi) is 5.54. The van der Waals surface area contributed by atoms with Crippen molar-refractivity contribution in [3.8, 4) is 17.1 Å². The molecule has 5 nitrogen and oxygen atoms in total. The Bertz CT molecular complexity index is 850. The number of benzene rings is 1. The van der Waals surface area contributed by atoms with Crippen LogP contribution in [0.5, 0.6) is 5.75 Å². The van der Waals surface area contributed by atoms with Gasteiger partial charge in [-0.25, -0.2) is 9.78 Å². The van der Waals surface area contributed by atoms with Crippen molar-refractivity contribution >= 4 is 12.0 Å². The van der Waals surface area contributed by atoms with Gasteiger partial charge in [-0.05, 0) is 43.3 Å². The number of esters is 1. The van der Waals surface area contributed by atoms with E-state index in [2.05, 4.69) is 21.0 Å². The zero-order chi connectivity index (χ0) is 19.5. The highest BCUT2D eigenvalue weighted by molar-refractivity contribution is 5.92. The Hall–Kier alpha value is -3.03. The summed E-state index contributed by atoms with van der Waals surface area (Å²) < 4.78 is 46.9. The van der Waals surface area contributed by atoms with E-state index in [4.69, 9.17) is 0 Å². The van der Waals surface area contributed by atoms with Gasteiger partial charge in [0.1, 0.15) is 11.6 Å². The number of alkyl halides is 3. The van der Waals surface area contributed by atoms with Crippen LogP contribution >= 0.6 is 0 Å². The first-order valence-electron chi connectivity index (χ1n) is 7.47. The summed E-state index contributed by atoms with van der Waals surface area (Å²) in [5.41, 5.74) is 2.22. The van der Waals surface area contributed by atoms with E-state index >= 15 is 0 Å². The van der Waals surface area contributed by atoms with Crippen molar-refractivity contribution in [3.63, 3.8) is 0 Å². The molecule has 0 radical (unpaired) electrons. The molecule has 2 rings (SSSR count). The van der Waals surface area contributed by atoms with Gasteiger partial charge in [0, 0.05) is 12.6 Å². The van der Waals surface area contributed by atoms with E-state index in [0.717, 1.165) is 5.69 Å². The van der Waals surface area contributed by atoms with Crippen LogP contribution in [0, 0.1) is 6.92 Å². The molecular formula is C18H17F3N2O3. The number of ether oxygens (including phenoxy) is 2. The lowest BCUT2D eigenvalue weighted by atomic mass is 10.2. The molecule has 0 saturated carbocycles. The van der Waals surface area contributed by atoms with Crippen molar-refractivity contribution in [2.45, 2.75) is 13.3 Å². The van der Waals surface area contributed by atoms with E-state index < -0.39 is 12.3 Å². The summed E-state index contributed by atoms with van der Waals surface area (Å²) >= 11 is 0. The molecule has 1 aromatic heterocycles. The van der Waals surface area contributed by atoms with E-state index in [9.17, 15) is 18.0 Å². The number of halogens is 3. The van der Waals surface area contributed by atoms with E-state index in [1.54, 1.807) is 24.6 Å². The monoisotopic (exact) mass is 366 g/mol. The minimum absolute atomic E-state index is 0.184. The van der Waals surface area contributed by atoms with Crippen molar-refractivity contribution in [2.24, 2.45) is 7.05 Å². The van der Waals surface area contributed by atoms with Crippen molar-refractivity contribution in [1.82, 2.24) is 9.55 Å². The van der Waals surface area contributed by atoms with Gasteiger partial charge in [0.05, 0.1) is 24.1 Å². The van der Waals surface area contributed by atoms with Gasteiger partial charge in [-0.15, -0.1) is 13.2 Å². The fourth-order valence-corrected chi connectivity index (χ4v) is 2.32. The Morgan fingerprint density at radius 1 is 1.27 bits per heavy atom. The molecule has 8 heteroatoms. The zero-order valence-electron chi connectivity index (χ0n) is 14.4. The van der Waals surface area contributed by atoms with Crippen LogP contribution in [0.1, 0.15) is 11.4 Å². The second-order valence-electron chi connectivity index (χ2n) is 5.39. The van der Waals surface area contributed by atoms with Gasteiger partial charge < -0.3 is 14.0 Å². The van der Waals surface area contributed by atoms with Crippen LogP contribution in [0.2, 0.25) is 0 Å². The molecular weight excluding hydrogens is 349 g/mol. The third-order valence-electron chi connectivity index (χ3n) is 3.56. The Morgan fingerprint density at radius 2 is 1.88 bits per heavy atom. The second-order valence-corrected chi connectivity index (χ2v) is 5.39. The lowest BCUT2D eigenvalue weighted by molar-refractivity contribution is -0.274. The molecule has 0 atom stereocenters. The van der Waals surface area contributed by atoms with Crippen molar-refractivity contribution in [3.05, 3.63) is 53.9 Å². The molecule has 1 heterocycles. The number of aryl methyl sites for hydroxylation is 1. The summed E-state index contributed by atoms with van der Waals surface area (Å²) in [6.45, 7) is 5.39. The second kappa shape index (κ2) is 7.47. The molecule has 26 heavy (non-hydrogen) atoms. The molecule has 138 valence electrons. The van der Waals surface area contributed by atoms with Crippen LogP contribution in [0.3, 0.4) is 0 Å². The van der Waals surface area contributed by atoms with Crippen molar-refractivity contribution in [1.29, 1.82) is 0 Å². The van der Waals surface area contributed by atoms with E-state index in [1.807, 2.05) is 0 Å². The highest BCUT2D eigenvalue weighted by atomic mass is 19.4. The minimum atomic E-state index is -4.73. The van der Waals surface area contributed by atoms with Gasteiger partial charge in [0.2, 0.25) is 0 Å². The number of hydrogen-bond donors (Lipinski definition) is 0. The van der Waals surface area contributed by atoms with Crippen LogP contribution in [0.15, 0.2) is 42.5 Å². The zero-order valence-corrected chi connectivity index (χ0v) is 14.4. The molecule has 0 spiro atoms. The average molecular weight is 366 g/mol. The Balaban J connectivity index is 2.28. The molecule has 0 aliphatic rings. The molecule has 0 aliphatic carbocycles. The van der Waals surface area contributed by atoms with Gasteiger partial charge in [0.15, 0.2) is 0 Å². The van der Waals surface area contributed by atoms with Crippen LogP contribution in [-0.4, -0.2) is 29.0 Å². The van der Waals surface area contributed by atoms with E-state index in [0.29, 0.717) is 17.1 Å². The maximum absolute atomic E-state index is 12.2. The van der Waals surface area contributed by atoms with Gasteiger partial charge in [-0.1, -0.05) is 6.58 Å².